The molecule has 0 aliphatic carbocycles. The number of carbonyl (C=O) groups is 1. The zero-order valence-corrected chi connectivity index (χ0v) is 11.2. The summed E-state index contributed by atoms with van der Waals surface area (Å²) < 4.78 is 5.54. The second-order valence-corrected chi connectivity index (χ2v) is 4.77. The number of para-hydroxylation sites is 1. The van der Waals surface area contributed by atoms with Crippen LogP contribution in [0.25, 0.3) is 0 Å². The quantitative estimate of drug-likeness (QED) is 0.821. The van der Waals surface area contributed by atoms with Crippen molar-refractivity contribution in [2.75, 3.05) is 13.2 Å². The van der Waals surface area contributed by atoms with Gasteiger partial charge in [0.1, 0.15) is 5.75 Å². The van der Waals surface area contributed by atoms with Crippen LogP contribution in [-0.2, 0) is 0 Å². The summed E-state index contributed by atoms with van der Waals surface area (Å²) in [5.41, 5.74) is 0.688. The van der Waals surface area contributed by atoms with Gasteiger partial charge in [-0.25, -0.2) is 0 Å². The number of hydrogen-bond acceptors (Lipinski definition) is 2. The minimum atomic E-state index is 0.103. The summed E-state index contributed by atoms with van der Waals surface area (Å²) in [6, 6.07) is 7.85. The average Bonchev–Trinajstić information content (AvgIpc) is 2.40. The fraction of sp³-hybridized carbons (Fsp3) is 0.533. The summed E-state index contributed by atoms with van der Waals surface area (Å²) in [4.78, 5) is 14.5. The van der Waals surface area contributed by atoms with E-state index >= 15 is 0 Å². The Morgan fingerprint density at radius 1 is 1.39 bits per heavy atom. The molecule has 1 aromatic carbocycles. The Kier molecular flexibility index (Phi) is 4.24. The molecular formula is C15H21NO2. The molecule has 0 saturated carbocycles. The van der Waals surface area contributed by atoms with Crippen LogP contribution in [0.1, 0.15) is 43.5 Å². The number of carbonyl (C=O) groups excluding carboxylic acids is 1. The molecule has 2 rings (SSSR count). The van der Waals surface area contributed by atoms with Crippen LogP contribution in [0.5, 0.6) is 5.75 Å². The Labute approximate surface area is 109 Å². The van der Waals surface area contributed by atoms with Gasteiger partial charge < -0.3 is 9.64 Å². The first kappa shape index (κ1) is 12.9. The number of likely N-dealkylation sites (tertiary alicyclic amines) is 1. The predicted octanol–water partition coefficient (Wildman–Crippen LogP) is 3.10. The molecule has 98 valence electrons. The number of hydrogen-bond donors (Lipinski definition) is 0. The third-order valence-corrected chi connectivity index (χ3v) is 3.48. The number of piperidine rings is 1. The van der Waals surface area contributed by atoms with E-state index < -0.39 is 0 Å². The molecule has 1 fully saturated rings. The molecule has 18 heavy (non-hydrogen) atoms. The highest BCUT2D eigenvalue weighted by molar-refractivity contribution is 5.97. The molecule has 1 aliphatic heterocycles. The van der Waals surface area contributed by atoms with E-state index in [9.17, 15) is 4.79 Å². The molecule has 3 heteroatoms. The standard InChI is InChI=1S/C15H21NO2/c1-3-18-14-10-5-4-9-13(14)15(17)16-11-7-6-8-12(16)2/h4-5,9-10,12H,3,6-8,11H2,1-2H3/t12-/m0/s1. The Morgan fingerprint density at radius 3 is 2.89 bits per heavy atom. The molecule has 1 amide bonds. The van der Waals surface area contributed by atoms with E-state index in [1.54, 1.807) is 0 Å². The smallest absolute Gasteiger partial charge is 0.257 e. The summed E-state index contributed by atoms with van der Waals surface area (Å²) in [5, 5.41) is 0. The van der Waals surface area contributed by atoms with Gasteiger partial charge in [-0.3, -0.25) is 4.79 Å². The lowest BCUT2D eigenvalue weighted by atomic mass is 10.0. The van der Waals surface area contributed by atoms with Crippen molar-refractivity contribution in [1.29, 1.82) is 0 Å². The Bertz CT molecular complexity index is 417. The number of rotatable bonds is 3. The van der Waals surface area contributed by atoms with Crippen molar-refractivity contribution in [1.82, 2.24) is 4.90 Å². The summed E-state index contributed by atoms with van der Waals surface area (Å²) in [7, 11) is 0. The van der Waals surface area contributed by atoms with E-state index in [1.807, 2.05) is 36.1 Å². The zero-order valence-electron chi connectivity index (χ0n) is 11.2. The normalized spacial score (nSPS) is 19.7. The highest BCUT2D eigenvalue weighted by Crippen LogP contribution is 2.24. The Morgan fingerprint density at radius 2 is 2.17 bits per heavy atom. The predicted molar refractivity (Wildman–Crippen MR) is 72.0 cm³/mol. The summed E-state index contributed by atoms with van der Waals surface area (Å²) in [5.74, 6) is 0.800. The van der Waals surface area contributed by atoms with Gasteiger partial charge in [0.05, 0.1) is 12.2 Å². The molecule has 1 saturated heterocycles. The molecule has 1 atom stereocenters. The van der Waals surface area contributed by atoms with Gasteiger partial charge in [0.15, 0.2) is 0 Å². The van der Waals surface area contributed by atoms with Gasteiger partial charge in [-0.05, 0) is 45.2 Å². The lowest BCUT2D eigenvalue weighted by Crippen LogP contribution is -2.42. The summed E-state index contributed by atoms with van der Waals surface area (Å²) in [6.45, 7) is 5.51. The maximum Gasteiger partial charge on any atom is 0.257 e. The fourth-order valence-electron chi connectivity index (χ4n) is 2.48. The van der Waals surface area contributed by atoms with E-state index in [-0.39, 0.29) is 5.91 Å². The summed E-state index contributed by atoms with van der Waals surface area (Å²) in [6.07, 6.45) is 3.42. The molecule has 1 aliphatic rings. The van der Waals surface area contributed by atoms with E-state index in [1.165, 1.54) is 6.42 Å². The van der Waals surface area contributed by atoms with E-state index in [0.29, 0.717) is 24.0 Å². The molecule has 3 nitrogen and oxygen atoms in total. The Balaban J connectivity index is 2.22. The van der Waals surface area contributed by atoms with Gasteiger partial charge >= 0.3 is 0 Å². The molecule has 0 spiro atoms. The van der Waals surface area contributed by atoms with Gasteiger partial charge in [0.25, 0.3) is 5.91 Å². The minimum absolute atomic E-state index is 0.103. The topological polar surface area (TPSA) is 29.5 Å². The summed E-state index contributed by atoms with van der Waals surface area (Å²) >= 11 is 0. The third kappa shape index (κ3) is 2.66. The molecular weight excluding hydrogens is 226 g/mol. The van der Waals surface area contributed by atoms with Crippen molar-refractivity contribution in [3.8, 4) is 5.75 Å². The Hall–Kier alpha value is -1.51. The average molecular weight is 247 g/mol. The molecule has 0 bridgehead atoms. The van der Waals surface area contributed by atoms with Crippen LogP contribution < -0.4 is 4.74 Å². The molecule has 1 heterocycles. The second kappa shape index (κ2) is 5.89. The van der Waals surface area contributed by atoms with Crippen LogP contribution >= 0.6 is 0 Å². The maximum absolute atomic E-state index is 12.6. The first-order valence-electron chi connectivity index (χ1n) is 6.77. The first-order valence-corrected chi connectivity index (χ1v) is 6.77. The van der Waals surface area contributed by atoms with Crippen molar-refractivity contribution in [3.05, 3.63) is 29.8 Å². The van der Waals surface area contributed by atoms with Crippen molar-refractivity contribution in [2.45, 2.75) is 39.2 Å². The molecule has 1 aromatic rings. The monoisotopic (exact) mass is 247 g/mol. The number of amides is 1. The van der Waals surface area contributed by atoms with Gasteiger partial charge in [-0.2, -0.15) is 0 Å². The molecule has 0 aromatic heterocycles. The van der Waals surface area contributed by atoms with E-state index in [0.717, 1.165) is 19.4 Å². The number of benzene rings is 1. The highest BCUT2D eigenvalue weighted by atomic mass is 16.5. The van der Waals surface area contributed by atoms with Crippen molar-refractivity contribution < 1.29 is 9.53 Å². The largest absolute Gasteiger partial charge is 0.493 e. The third-order valence-electron chi connectivity index (χ3n) is 3.48. The second-order valence-electron chi connectivity index (χ2n) is 4.77. The number of ether oxygens (including phenoxy) is 1. The van der Waals surface area contributed by atoms with Crippen LogP contribution in [0.15, 0.2) is 24.3 Å². The molecule has 0 N–H and O–H groups in total. The van der Waals surface area contributed by atoms with Gasteiger partial charge in [-0.15, -0.1) is 0 Å². The van der Waals surface area contributed by atoms with Crippen LogP contribution in [0.3, 0.4) is 0 Å². The SMILES string of the molecule is CCOc1ccccc1C(=O)N1CCCC[C@@H]1C. The molecule has 0 unspecified atom stereocenters. The molecule has 0 radical (unpaired) electrons. The maximum atomic E-state index is 12.6. The van der Waals surface area contributed by atoms with Crippen LogP contribution in [-0.4, -0.2) is 30.0 Å². The van der Waals surface area contributed by atoms with Crippen molar-refractivity contribution in [2.24, 2.45) is 0 Å². The lowest BCUT2D eigenvalue weighted by molar-refractivity contribution is 0.0631. The lowest BCUT2D eigenvalue weighted by Gasteiger charge is -2.33. The first-order chi connectivity index (χ1) is 8.74. The highest BCUT2D eigenvalue weighted by Gasteiger charge is 2.25. The van der Waals surface area contributed by atoms with Crippen LogP contribution in [0.2, 0.25) is 0 Å². The van der Waals surface area contributed by atoms with Crippen molar-refractivity contribution in [3.63, 3.8) is 0 Å². The van der Waals surface area contributed by atoms with E-state index in [4.69, 9.17) is 4.74 Å². The van der Waals surface area contributed by atoms with Crippen LogP contribution in [0, 0.1) is 0 Å². The van der Waals surface area contributed by atoms with Crippen molar-refractivity contribution >= 4 is 5.91 Å². The van der Waals surface area contributed by atoms with Gasteiger partial charge in [-0.1, -0.05) is 12.1 Å². The van der Waals surface area contributed by atoms with Gasteiger partial charge in [0, 0.05) is 12.6 Å². The number of nitrogens with zero attached hydrogens (tertiary/aromatic N) is 1. The fourth-order valence-corrected chi connectivity index (χ4v) is 2.48. The van der Waals surface area contributed by atoms with Gasteiger partial charge in [0.2, 0.25) is 0 Å². The van der Waals surface area contributed by atoms with Crippen LogP contribution in [0.4, 0.5) is 0 Å². The minimum Gasteiger partial charge on any atom is -0.493 e. The van der Waals surface area contributed by atoms with E-state index in [2.05, 4.69) is 6.92 Å². The zero-order chi connectivity index (χ0) is 13.0.